The van der Waals surface area contributed by atoms with Gasteiger partial charge in [0.2, 0.25) is 6.41 Å². The average Bonchev–Trinajstić information content (AvgIpc) is 2.50. The van der Waals surface area contributed by atoms with Gasteiger partial charge >= 0.3 is 0 Å². The summed E-state index contributed by atoms with van der Waals surface area (Å²) >= 11 is 0. The molecule has 0 unspecified atom stereocenters. The van der Waals surface area contributed by atoms with Crippen LogP contribution >= 0.6 is 0 Å². The summed E-state index contributed by atoms with van der Waals surface area (Å²) in [4.78, 5) is 9.84. The highest BCUT2D eigenvalue weighted by atomic mass is 16.3. The molecule has 1 amide bonds. The van der Waals surface area contributed by atoms with Gasteiger partial charge in [0.15, 0.2) is 0 Å². The maximum absolute atomic E-state index is 9.84. The molecule has 11 heavy (non-hydrogen) atoms. The zero-order valence-corrected chi connectivity index (χ0v) is 6.25. The van der Waals surface area contributed by atoms with Gasteiger partial charge in [-0.05, 0) is 24.5 Å². The van der Waals surface area contributed by atoms with Crippen molar-refractivity contribution in [1.29, 1.82) is 0 Å². The van der Waals surface area contributed by atoms with Gasteiger partial charge in [0, 0.05) is 6.54 Å². The fraction of sp³-hybridized carbons (Fsp3) is 0.375. The molecule has 0 fully saturated rings. The first-order valence-corrected chi connectivity index (χ1v) is 3.61. The van der Waals surface area contributed by atoms with Crippen molar-refractivity contribution in [2.75, 3.05) is 6.54 Å². The molecule has 0 aromatic carbocycles. The summed E-state index contributed by atoms with van der Waals surface area (Å²) in [6, 6.07) is 1.93. The van der Waals surface area contributed by atoms with E-state index in [-0.39, 0.29) is 0 Å². The summed E-state index contributed by atoms with van der Waals surface area (Å²) in [6.45, 7) is 0.731. The third kappa shape index (κ3) is 2.89. The lowest BCUT2D eigenvalue weighted by atomic mass is 10.2. The predicted octanol–water partition coefficient (Wildman–Crippen LogP) is 0.958. The van der Waals surface area contributed by atoms with Crippen LogP contribution in [-0.4, -0.2) is 13.0 Å². The molecule has 0 radical (unpaired) electrons. The van der Waals surface area contributed by atoms with Crippen LogP contribution in [0.1, 0.15) is 12.0 Å². The van der Waals surface area contributed by atoms with Crippen LogP contribution in [-0.2, 0) is 11.2 Å². The van der Waals surface area contributed by atoms with Gasteiger partial charge in [-0.2, -0.15) is 0 Å². The lowest BCUT2D eigenvalue weighted by molar-refractivity contribution is -0.109. The highest BCUT2D eigenvalue weighted by molar-refractivity contribution is 5.45. The van der Waals surface area contributed by atoms with Crippen molar-refractivity contribution in [3.05, 3.63) is 24.2 Å². The van der Waals surface area contributed by atoms with Crippen molar-refractivity contribution in [1.82, 2.24) is 5.32 Å². The fourth-order valence-electron chi connectivity index (χ4n) is 0.888. The number of furan rings is 1. The summed E-state index contributed by atoms with van der Waals surface area (Å²) in [7, 11) is 0. The van der Waals surface area contributed by atoms with Gasteiger partial charge in [-0.1, -0.05) is 0 Å². The number of carbonyl (C=O) groups is 1. The third-order valence-electron chi connectivity index (χ3n) is 1.45. The average molecular weight is 153 g/mol. The van der Waals surface area contributed by atoms with Crippen molar-refractivity contribution < 1.29 is 9.21 Å². The summed E-state index contributed by atoms with van der Waals surface area (Å²) in [5.74, 6) is 0. The summed E-state index contributed by atoms with van der Waals surface area (Å²) in [6.07, 6.45) is 6.01. The van der Waals surface area contributed by atoms with Crippen LogP contribution < -0.4 is 5.32 Å². The number of amides is 1. The minimum Gasteiger partial charge on any atom is -0.472 e. The van der Waals surface area contributed by atoms with Crippen LogP contribution in [0, 0.1) is 0 Å². The van der Waals surface area contributed by atoms with E-state index in [1.54, 1.807) is 12.5 Å². The van der Waals surface area contributed by atoms with E-state index in [1.807, 2.05) is 6.07 Å². The molecule has 1 N–H and O–H groups in total. The molecule has 0 aliphatic carbocycles. The van der Waals surface area contributed by atoms with Gasteiger partial charge in [-0.25, -0.2) is 0 Å². The second kappa shape index (κ2) is 4.55. The second-order valence-electron chi connectivity index (χ2n) is 2.31. The van der Waals surface area contributed by atoms with Crippen LogP contribution in [0.5, 0.6) is 0 Å². The highest BCUT2D eigenvalue weighted by Crippen LogP contribution is 2.02. The number of hydrogen-bond acceptors (Lipinski definition) is 2. The third-order valence-corrected chi connectivity index (χ3v) is 1.45. The summed E-state index contributed by atoms with van der Waals surface area (Å²) in [5.41, 5.74) is 1.18. The quantitative estimate of drug-likeness (QED) is 0.505. The van der Waals surface area contributed by atoms with E-state index >= 15 is 0 Å². The Morgan fingerprint density at radius 3 is 3.18 bits per heavy atom. The second-order valence-corrected chi connectivity index (χ2v) is 2.31. The first kappa shape index (κ1) is 7.85. The summed E-state index contributed by atoms with van der Waals surface area (Å²) < 4.78 is 4.88. The Morgan fingerprint density at radius 2 is 2.55 bits per heavy atom. The van der Waals surface area contributed by atoms with Crippen LogP contribution in [0.2, 0.25) is 0 Å². The Balaban J connectivity index is 2.09. The molecule has 0 bridgehead atoms. The molecule has 1 aromatic rings. The van der Waals surface area contributed by atoms with E-state index < -0.39 is 0 Å². The first-order valence-electron chi connectivity index (χ1n) is 3.61. The maximum Gasteiger partial charge on any atom is 0.207 e. The Bertz CT molecular complexity index is 194. The molecule has 60 valence electrons. The zero-order valence-electron chi connectivity index (χ0n) is 6.25. The predicted molar refractivity (Wildman–Crippen MR) is 41.1 cm³/mol. The van der Waals surface area contributed by atoms with E-state index in [0.29, 0.717) is 0 Å². The van der Waals surface area contributed by atoms with E-state index in [0.717, 1.165) is 25.8 Å². The topological polar surface area (TPSA) is 42.2 Å². The number of aryl methyl sites for hydroxylation is 1. The number of carbonyl (C=O) groups excluding carboxylic acids is 1. The minimum atomic E-state index is 0.718. The molecule has 0 saturated heterocycles. The number of hydrogen-bond donors (Lipinski definition) is 1. The largest absolute Gasteiger partial charge is 0.472 e. The summed E-state index contributed by atoms with van der Waals surface area (Å²) in [5, 5.41) is 2.60. The van der Waals surface area contributed by atoms with Crippen molar-refractivity contribution >= 4 is 6.41 Å². The van der Waals surface area contributed by atoms with Gasteiger partial charge in [-0.3, -0.25) is 4.79 Å². The number of nitrogens with one attached hydrogen (secondary N) is 1. The lowest BCUT2D eigenvalue weighted by Gasteiger charge is -1.95. The van der Waals surface area contributed by atoms with Crippen molar-refractivity contribution in [3.63, 3.8) is 0 Å². The molecule has 1 heterocycles. The maximum atomic E-state index is 9.84. The molecule has 3 heteroatoms. The van der Waals surface area contributed by atoms with Crippen LogP contribution in [0.25, 0.3) is 0 Å². The molecule has 0 aliphatic heterocycles. The van der Waals surface area contributed by atoms with E-state index in [2.05, 4.69) is 5.32 Å². The van der Waals surface area contributed by atoms with Gasteiger partial charge in [0.1, 0.15) is 0 Å². The molecule has 1 aromatic heterocycles. The van der Waals surface area contributed by atoms with Crippen LogP contribution in [0.3, 0.4) is 0 Å². The smallest absolute Gasteiger partial charge is 0.207 e. The lowest BCUT2D eigenvalue weighted by Crippen LogP contribution is -2.12. The van der Waals surface area contributed by atoms with Gasteiger partial charge in [0.05, 0.1) is 12.5 Å². The van der Waals surface area contributed by atoms with Crippen molar-refractivity contribution in [2.24, 2.45) is 0 Å². The van der Waals surface area contributed by atoms with Gasteiger partial charge in [-0.15, -0.1) is 0 Å². The Hall–Kier alpha value is -1.25. The van der Waals surface area contributed by atoms with Gasteiger partial charge in [0.25, 0.3) is 0 Å². The Morgan fingerprint density at radius 1 is 1.64 bits per heavy atom. The molecular formula is C8H11NO2. The Kier molecular flexibility index (Phi) is 3.25. The molecule has 3 nitrogen and oxygen atoms in total. The molecule has 0 atom stereocenters. The molecule has 0 aliphatic rings. The van der Waals surface area contributed by atoms with Crippen LogP contribution in [0.4, 0.5) is 0 Å². The molecule has 1 rings (SSSR count). The number of rotatable bonds is 5. The normalized spacial score (nSPS) is 9.45. The van der Waals surface area contributed by atoms with E-state index in [1.165, 1.54) is 5.56 Å². The standard InChI is InChI=1S/C8H11NO2/c10-7-9-4-1-2-8-3-5-11-6-8/h3,5-7H,1-2,4H2,(H,9,10). The monoisotopic (exact) mass is 153 g/mol. The molecular weight excluding hydrogens is 142 g/mol. The van der Waals surface area contributed by atoms with E-state index in [9.17, 15) is 4.79 Å². The SMILES string of the molecule is O=CNCCCc1ccoc1. The molecule has 0 saturated carbocycles. The zero-order chi connectivity index (χ0) is 7.94. The van der Waals surface area contributed by atoms with Crippen molar-refractivity contribution in [2.45, 2.75) is 12.8 Å². The molecule has 0 spiro atoms. The highest BCUT2D eigenvalue weighted by Gasteiger charge is 1.92. The fourth-order valence-corrected chi connectivity index (χ4v) is 0.888. The minimum absolute atomic E-state index is 0.718. The van der Waals surface area contributed by atoms with E-state index in [4.69, 9.17) is 4.42 Å². The first-order chi connectivity index (χ1) is 5.43. The Labute approximate surface area is 65.4 Å². The van der Waals surface area contributed by atoms with Crippen molar-refractivity contribution in [3.8, 4) is 0 Å². The van der Waals surface area contributed by atoms with Crippen LogP contribution in [0.15, 0.2) is 23.0 Å². The van der Waals surface area contributed by atoms with Gasteiger partial charge < -0.3 is 9.73 Å².